The van der Waals surface area contributed by atoms with Gasteiger partial charge in [-0.15, -0.1) is 0 Å². The molecule has 8 heteroatoms. The fraction of sp³-hybridized carbons (Fsp3) is 0.700. The Morgan fingerprint density at radius 1 is 1.50 bits per heavy atom. The molecule has 0 amide bonds. The summed E-state index contributed by atoms with van der Waals surface area (Å²) in [5.41, 5.74) is 0.364. The van der Waals surface area contributed by atoms with E-state index in [0.29, 0.717) is 24.6 Å². The van der Waals surface area contributed by atoms with Gasteiger partial charge in [0.25, 0.3) is 0 Å². The zero-order chi connectivity index (χ0) is 13.2. The predicted octanol–water partition coefficient (Wildman–Crippen LogP) is -0.442. The van der Waals surface area contributed by atoms with Crippen molar-refractivity contribution >= 4 is 10.0 Å². The van der Waals surface area contributed by atoms with Crippen molar-refractivity contribution in [2.24, 2.45) is 0 Å². The molecule has 1 aliphatic heterocycles. The standard InChI is InChI=1S/C10H17N3O4S/c1-7-10(8(2)17-13-7)18(14,15)12-6-9-5-11-3-4-16-9/h9,11-12H,3-6H2,1-2H3. The predicted molar refractivity (Wildman–Crippen MR) is 63.8 cm³/mol. The molecule has 0 bridgehead atoms. The molecule has 102 valence electrons. The van der Waals surface area contributed by atoms with Gasteiger partial charge in [0.05, 0.1) is 12.7 Å². The summed E-state index contributed by atoms with van der Waals surface area (Å²) in [5, 5.41) is 6.78. The summed E-state index contributed by atoms with van der Waals surface area (Å²) >= 11 is 0. The van der Waals surface area contributed by atoms with E-state index >= 15 is 0 Å². The van der Waals surface area contributed by atoms with E-state index in [2.05, 4.69) is 15.2 Å². The quantitative estimate of drug-likeness (QED) is 0.773. The number of rotatable bonds is 4. The second-order valence-electron chi connectivity index (χ2n) is 4.20. The molecule has 0 spiro atoms. The van der Waals surface area contributed by atoms with E-state index in [0.717, 1.165) is 6.54 Å². The Morgan fingerprint density at radius 2 is 2.28 bits per heavy atom. The van der Waals surface area contributed by atoms with E-state index in [1.807, 2.05) is 0 Å². The van der Waals surface area contributed by atoms with E-state index in [1.54, 1.807) is 13.8 Å². The maximum Gasteiger partial charge on any atom is 0.246 e. The highest BCUT2D eigenvalue weighted by molar-refractivity contribution is 7.89. The Morgan fingerprint density at radius 3 is 2.83 bits per heavy atom. The largest absolute Gasteiger partial charge is 0.374 e. The smallest absolute Gasteiger partial charge is 0.246 e. The summed E-state index contributed by atoms with van der Waals surface area (Å²) in [4.78, 5) is 0.117. The van der Waals surface area contributed by atoms with E-state index in [4.69, 9.17) is 9.26 Å². The molecular formula is C10H17N3O4S. The van der Waals surface area contributed by atoms with Crippen molar-refractivity contribution in [3.05, 3.63) is 11.5 Å². The molecule has 1 atom stereocenters. The van der Waals surface area contributed by atoms with Crippen LogP contribution < -0.4 is 10.0 Å². The van der Waals surface area contributed by atoms with Gasteiger partial charge in [-0.1, -0.05) is 5.16 Å². The number of hydrogen-bond donors (Lipinski definition) is 2. The summed E-state index contributed by atoms with van der Waals surface area (Å²) in [6.07, 6.45) is -0.144. The highest BCUT2D eigenvalue weighted by atomic mass is 32.2. The monoisotopic (exact) mass is 275 g/mol. The molecule has 1 aliphatic rings. The van der Waals surface area contributed by atoms with Gasteiger partial charge in [0.2, 0.25) is 10.0 Å². The van der Waals surface area contributed by atoms with Crippen LogP contribution >= 0.6 is 0 Å². The molecule has 0 saturated carbocycles. The van der Waals surface area contributed by atoms with Gasteiger partial charge in [-0.2, -0.15) is 0 Å². The van der Waals surface area contributed by atoms with Gasteiger partial charge < -0.3 is 14.6 Å². The molecule has 0 aromatic carbocycles. The van der Waals surface area contributed by atoms with E-state index in [-0.39, 0.29) is 17.5 Å². The molecule has 0 radical (unpaired) electrons. The van der Waals surface area contributed by atoms with Gasteiger partial charge in [0.1, 0.15) is 10.6 Å². The SMILES string of the molecule is Cc1noc(C)c1S(=O)(=O)NCC1CNCCO1. The first-order valence-electron chi connectivity index (χ1n) is 5.75. The van der Waals surface area contributed by atoms with Crippen molar-refractivity contribution in [3.8, 4) is 0 Å². The number of nitrogens with one attached hydrogen (secondary N) is 2. The average molecular weight is 275 g/mol. The summed E-state index contributed by atoms with van der Waals surface area (Å²) in [6.45, 7) is 5.45. The van der Waals surface area contributed by atoms with Crippen LogP contribution in [0.2, 0.25) is 0 Å². The van der Waals surface area contributed by atoms with E-state index in [9.17, 15) is 8.42 Å². The van der Waals surface area contributed by atoms with Crippen LogP contribution in [-0.2, 0) is 14.8 Å². The Balaban J connectivity index is 2.03. The molecule has 1 fully saturated rings. The molecule has 7 nitrogen and oxygen atoms in total. The summed E-state index contributed by atoms with van der Waals surface area (Å²) in [6, 6.07) is 0. The Kier molecular flexibility index (Phi) is 4.00. The minimum atomic E-state index is -3.59. The van der Waals surface area contributed by atoms with Gasteiger partial charge in [-0.3, -0.25) is 0 Å². The first-order valence-corrected chi connectivity index (χ1v) is 7.24. The van der Waals surface area contributed by atoms with Gasteiger partial charge in [0, 0.05) is 19.6 Å². The zero-order valence-corrected chi connectivity index (χ0v) is 11.2. The van der Waals surface area contributed by atoms with E-state index in [1.165, 1.54) is 0 Å². The second-order valence-corrected chi connectivity index (χ2v) is 5.91. The molecule has 2 N–H and O–H groups in total. The van der Waals surface area contributed by atoms with Crippen LogP contribution in [0.4, 0.5) is 0 Å². The molecule has 1 aromatic rings. The minimum absolute atomic E-state index is 0.117. The Hall–Kier alpha value is -0.960. The van der Waals surface area contributed by atoms with Gasteiger partial charge in [-0.25, -0.2) is 13.1 Å². The van der Waals surface area contributed by atoms with Crippen LogP contribution in [-0.4, -0.2) is 45.9 Å². The third kappa shape index (κ3) is 2.89. The first-order chi connectivity index (χ1) is 8.50. The summed E-state index contributed by atoms with van der Waals surface area (Å²) in [7, 11) is -3.59. The lowest BCUT2D eigenvalue weighted by molar-refractivity contribution is 0.0324. The maximum atomic E-state index is 12.1. The second kappa shape index (κ2) is 5.35. The molecule has 2 heterocycles. The molecule has 0 aliphatic carbocycles. The van der Waals surface area contributed by atoms with Crippen LogP contribution in [0.15, 0.2) is 9.42 Å². The molecule has 1 aromatic heterocycles. The number of hydrogen-bond acceptors (Lipinski definition) is 6. The fourth-order valence-corrected chi connectivity index (χ4v) is 3.28. The minimum Gasteiger partial charge on any atom is -0.374 e. The van der Waals surface area contributed by atoms with Gasteiger partial charge >= 0.3 is 0 Å². The Bertz CT molecular complexity index is 486. The normalized spacial score (nSPS) is 21.1. The number of aromatic nitrogens is 1. The van der Waals surface area contributed by atoms with Crippen LogP contribution in [0, 0.1) is 13.8 Å². The fourth-order valence-electron chi connectivity index (χ4n) is 1.88. The lowest BCUT2D eigenvalue weighted by Crippen LogP contribution is -2.45. The third-order valence-corrected chi connectivity index (χ3v) is 4.41. The zero-order valence-electron chi connectivity index (χ0n) is 10.4. The lowest BCUT2D eigenvalue weighted by Gasteiger charge is -2.23. The van der Waals surface area contributed by atoms with Crippen molar-refractivity contribution in [2.75, 3.05) is 26.2 Å². The van der Waals surface area contributed by atoms with Crippen molar-refractivity contribution in [3.63, 3.8) is 0 Å². The number of nitrogens with zero attached hydrogens (tertiary/aromatic N) is 1. The lowest BCUT2D eigenvalue weighted by atomic mass is 10.3. The van der Waals surface area contributed by atoms with Crippen LogP contribution in [0.1, 0.15) is 11.5 Å². The highest BCUT2D eigenvalue weighted by Gasteiger charge is 2.25. The first kappa shape index (κ1) is 13.5. The topological polar surface area (TPSA) is 93.5 Å². The molecular weight excluding hydrogens is 258 g/mol. The molecule has 2 rings (SSSR count). The van der Waals surface area contributed by atoms with Crippen molar-refractivity contribution in [1.82, 2.24) is 15.2 Å². The van der Waals surface area contributed by atoms with Crippen LogP contribution in [0.3, 0.4) is 0 Å². The van der Waals surface area contributed by atoms with E-state index < -0.39 is 10.0 Å². The van der Waals surface area contributed by atoms with Crippen molar-refractivity contribution < 1.29 is 17.7 Å². The number of ether oxygens (including phenoxy) is 1. The maximum absolute atomic E-state index is 12.1. The number of morpholine rings is 1. The van der Waals surface area contributed by atoms with Crippen molar-refractivity contribution in [1.29, 1.82) is 0 Å². The average Bonchev–Trinajstić information content (AvgIpc) is 2.69. The third-order valence-electron chi connectivity index (χ3n) is 2.74. The highest BCUT2D eigenvalue weighted by Crippen LogP contribution is 2.18. The summed E-state index contributed by atoms with van der Waals surface area (Å²) < 4.78 is 37.0. The van der Waals surface area contributed by atoms with Crippen molar-refractivity contribution in [2.45, 2.75) is 24.8 Å². The molecule has 1 saturated heterocycles. The van der Waals surface area contributed by atoms with Gasteiger partial charge in [0.15, 0.2) is 5.76 Å². The van der Waals surface area contributed by atoms with Gasteiger partial charge in [-0.05, 0) is 13.8 Å². The number of aryl methyl sites for hydroxylation is 2. The molecule has 18 heavy (non-hydrogen) atoms. The molecule has 1 unspecified atom stereocenters. The van der Waals surface area contributed by atoms with Crippen LogP contribution in [0.25, 0.3) is 0 Å². The van der Waals surface area contributed by atoms with Crippen LogP contribution in [0.5, 0.6) is 0 Å². The summed E-state index contributed by atoms with van der Waals surface area (Å²) in [5.74, 6) is 0.294. The number of sulfonamides is 1. The Labute approximate surface area is 106 Å².